The van der Waals surface area contributed by atoms with Crippen LogP contribution < -0.4 is 5.73 Å². The van der Waals surface area contributed by atoms with Crippen molar-refractivity contribution >= 4 is 0 Å². The van der Waals surface area contributed by atoms with Crippen LogP contribution in [0.4, 0.5) is 0 Å². The van der Waals surface area contributed by atoms with E-state index >= 15 is 0 Å². The minimum atomic E-state index is 0. The van der Waals surface area contributed by atoms with Gasteiger partial charge in [-0.3, -0.25) is 0 Å². The third kappa shape index (κ3) is 3.16. The molecule has 0 saturated heterocycles. The molecule has 42 valence electrons. The van der Waals surface area contributed by atoms with Gasteiger partial charge in [0.2, 0.25) is 0 Å². The second-order valence-corrected chi connectivity index (χ2v) is 2.22. The molecule has 0 bridgehead atoms. The first-order valence-electron chi connectivity index (χ1n) is 2.97. The zero-order valence-electron chi connectivity index (χ0n) is 5.14. The molecule has 0 aliphatic heterocycles. The molecule has 0 aromatic carbocycles. The molecule has 1 nitrogen and oxygen atoms in total. The maximum Gasteiger partial charge on any atom is 3.00 e. The van der Waals surface area contributed by atoms with Crippen LogP contribution in [0.1, 0.15) is 25.7 Å². The van der Waals surface area contributed by atoms with E-state index in [-0.39, 0.29) is 32.7 Å². The fourth-order valence-corrected chi connectivity index (χ4v) is 0.974. The maximum absolute atomic E-state index is 5.60. The summed E-state index contributed by atoms with van der Waals surface area (Å²) in [6.45, 7) is 0. The molecule has 1 aliphatic carbocycles. The molecule has 2 N–H and O–H groups in total. The predicted molar refractivity (Wildman–Crippen MR) is 30.7 cm³/mol. The molecule has 1 unspecified atom stereocenters. The van der Waals surface area contributed by atoms with E-state index in [9.17, 15) is 0 Å². The fourth-order valence-electron chi connectivity index (χ4n) is 0.974. The molecule has 0 radical (unpaired) electrons. The van der Waals surface area contributed by atoms with Gasteiger partial charge in [-0.25, -0.2) is 0 Å². The number of hydrogen-bond donors (Lipinski definition) is 1. The summed E-state index contributed by atoms with van der Waals surface area (Å²) in [6, 6.07) is 0.480. The second kappa shape index (κ2) is 4.90. The molecule has 8 heavy (non-hydrogen) atoms. The summed E-state index contributed by atoms with van der Waals surface area (Å²) in [4.78, 5) is 0. The molecule has 1 aliphatic rings. The summed E-state index contributed by atoms with van der Waals surface area (Å²) < 4.78 is 0. The van der Waals surface area contributed by atoms with Crippen molar-refractivity contribution in [3.8, 4) is 0 Å². The molecular weight excluding hydrogens is 175 g/mol. The van der Waals surface area contributed by atoms with Gasteiger partial charge in [-0.1, -0.05) is 6.42 Å². The van der Waals surface area contributed by atoms with Gasteiger partial charge in [0, 0.05) is 0 Å². The Morgan fingerprint density at radius 2 is 2.25 bits per heavy atom. The van der Waals surface area contributed by atoms with Crippen LogP contribution in [0.2, 0.25) is 0 Å². The number of nitrogens with two attached hydrogens (primary N) is 1. The zero-order valence-corrected chi connectivity index (χ0v) is 7.98. The summed E-state index contributed by atoms with van der Waals surface area (Å²) in [6.07, 6.45) is 7.25. The van der Waals surface area contributed by atoms with Gasteiger partial charge in [0.1, 0.15) is 0 Å². The minimum absolute atomic E-state index is 0. The summed E-state index contributed by atoms with van der Waals surface area (Å²) >= 11 is 0. The SMILES string of the molecule is NC1C[CH-]CCC1.[Y+3]. The average Bonchev–Trinajstić information content (AvgIpc) is 1.69. The largest absolute Gasteiger partial charge is 3.00 e. The maximum atomic E-state index is 5.60. The van der Waals surface area contributed by atoms with E-state index in [1.165, 1.54) is 19.3 Å². The molecule has 2 heteroatoms. The smallest absolute Gasteiger partial charge is 0.330 e. The Hall–Kier alpha value is 1.06. The van der Waals surface area contributed by atoms with Crippen molar-refractivity contribution < 1.29 is 32.7 Å². The Morgan fingerprint density at radius 1 is 1.50 bits per heavy atom. The molecule has 0 aromatic rings. The van der Waals surface area contributed by atoms with E-state index in [1.807, 2.05) is 0 Å². The van der Waals surface area contributed by atoms with Gasteiger partial charge in [0.15, 0.2) is 0 Å². The summed E-state index contributed by atoms with van der Waals surface area (Å²) in [5.41, 5.74) is 5.60. The predicted octanol–water partition coefficient (Wildman–Crippen LogP) is 1.09. The van der Waals surface area contributed by atoms with Crippen molar-refractivity contribution in [1.29, 1.82) is 0 Å². The van der Waals surface area contributed by atoms with Crippen molar-refractivity contribution in [3.05, 3.63) is 6.42 Å². The van der Waals surface area contributed by atoms with Crippen LogP contribution in [-0.2, 0) is 32.7 Å². The second-order valence-electron chi connectivity index (χ2n) is 2.22. The molecule has 1 atom stereocenters. The van der Waals surface area contributed by atoms with E-state index in [2.05, 4.69) is 6.42 Å². The van der Waals surface area contributed by atoms with Gasteiger partial charge < -0.3 is 12.2 Å². The van der Waals surface area contributed by atoms with Gasteiger partial charge in [0.05, 0.1) is 0 Å². The Kier molecular flexibility index (Phi) is 5.55. The van der Waals surface area contributed by atoms with Crippen LogP contribution in [0.3, 0.4) is 0 Å². The van der Waals surface area contributed by atoms with E-state index in [0.29, 0.717) is 6.04 Å². The van der Waals surface area contributed by atoms with Crippen molar-refractivity contribution in [2.24, 2.45) is 5.73 Å². The van der Waals surface area contributed by atoms with Crippen LogP contribution in [0.15, 0.2) is 0 Å². The monoisotopic (exact) mass is 187 g/mol. The first-order chi connectivity index (χ1) is 3.39. The van der Waals surface area contributed by atoms with E-state index in [4.69, 9.17) is 5.73 Å². The molecule has 1 saturated carbocycles. The molecular formula is C6H12NY+2. The van der Waals surface area contributed by atoms with Crippen LogP contribution in [-0.4, -0.2) is 6.04 Å². The Bertz CT molecular complexity index is 50.5. The van der Waals surface area contributed by atoms with Crippen molar-refractivity contribution in [2.45, 2.75) is 31.7 Å². The molecule has 0 amide bonds. The van der Waals surface area contributed by atoms with Crippen LogP contribution in [0.5, 0.6) is 0 Å². The Balaban J connectivity index is 0.000000490. The summed E-state index contributed by atoms with van der Waals surface area (Å²) in [5.74, 6) is 0. The van der Waals surface area contributed by atoms with Gasteiger partial charge in [-0.05, 0) is 12.5 Å². The van der Waals surface area contributed by atoms with Crippen LogP contribution in [0.25, 0.3) is 0 Å². The van der Waals surface area contributed by atoms with Crippen molar-refractivity contribution in [1.82, 2.24) is 0 Å². The topological polar surface area (TPSA) is 26.0 Å². The molecule has 0 heterocycles. The first-order valence-corrected chi connectivity index (χ1v) is 2.97. The minimum Gasteiger partial charge on any atom is -0.330 e. The first kappa shape index (κ1) is 9.06. The summed E-state index contributed by atoms with van der Waals surface area (Å²) in [5, 5.41) is 0. The van der Waals surface area contributed by atoms with Crippen LogP contribution in [0, 0.1) is 6.42 Å². The number of hydrogen-bond acceptors (Lipinski definition) is 1. The van der Waals surface area contributed by atoms with Gasteiger partial charge in [-0.2, -0.15) is 12.8 Å². The van der Waals surface area contributed by atoms with Gasteiger partial charge >= 0.3 is 32.7 Å². The molecule has 0 aromatic heterocycles. The van der Waals surface area contributed by atoms with Gasteiger partial charge in [-0.15, -0.1) is 0 Å². The quantitative estimate of drug-likeness (QED) is 0.564. The normalized spacial score (nSPS) is 28.9. The molecule has 1 rings (SSSR count). The third-order valence-electron chi connectivity index (χ3n) is 1.45. The number of rotatable bonds is 0. The Labute approximate surface area is 76.3 Å². The fraction of sp³-hybridized carbons (Fsp3) is 0.833. The van der Waals surface area contributed by atoms with Gasteiger partial charge in [0.25, 0.3) is 0 Å². The average molecular weight is 187 g/mol. The van der Waals surface area contributed by atoms with E-state index < -0.39 is 0 Å². The van der Waals surface area contributed by atoms with Crippen LogP contribution >= 0.6 is 0 Å². The van der Waals surface area contributed by atoms with E-state index in [0.717, 1.165) is 6.42 Å². The Morgan fingerprint density at radius 3 is 2.50 bits per heavy atom. The third-order valence-corrected chi connectivity index (χ3v) is 1.45. The zero-order chi connectivity index (χ0) is 5.11. The van der Waals surface area contributed by atoms with Crippen molar-refractivity contribution in [2.75, 3.05) is 0 Å². The van der Waals surface area contributed by atoms with E-state index in [1.54, 1.807) is 0 Å². The van der Waals surface area contributed by atoms with Crippen molar-refractivity contribution in [3.63, 3.8) is 0 Å². The standard InChI is InChI=1S/C6H12N.Y/c7-6-4-2-1-3-5-6;/h2,6H,1,3-5,7H2;/q-1;+3. The molecule has 1 fully saturated rings. The molecule has 0 spiro atoms. The summed E-state index contributed by atoms with van der Waals surface area (Å²) in [7, 11) is 0.